The van der Waals surface area contributed by atoms with Crippen LogP contribution >= 0.6 is 0 Å². The Morgan fingerprint density at radius 1 is 1.16 bits per heavy atom. The molecular formula is C24H27N3O5. The zero-order chi connectivity index (χ0) is 22.5. The van der Waals surface area contributed by atoms with E-state index in [4.69, 9.17) is 9.47 Å². The predicted octanol–water partition coefficient (Wildman–Crippen LogP) is 2.23. The third-order valence-corrected chi connectivity index (χ3v) is 5.69. The van der Waals surface area contributed by atoms with Crippen molar-refractivity contribution < 1.29 is 24.2 Å². The molecule has 1 aromatic heterocycles. The van der Waals surface area contributed by atoms with Crippen LogP contribution in [-0.2, 0) is 14.3 Å². The van der Waals surface area contributed by atoms with E-state index in [-0.39, 0.29) is 11.3 Å². The first-order chi connectivity index (χ1) is 15.6. The van der Waals surface area contributed by atoms with Crippen LogP contribution in [0.2, 0.25) is 0 Å². The van der Waals surface area contributed by atoms with E-state index in [1.54, 1.807) is 48.7 Å². The summed E-state index contributed by atoms with van der Waals surface area (Å²) in [6.07, 6.45) is 1.62. The number of amides is 1. The Morgan fingerprint density at radius 2 is 1.97 bits per heavy atom. The Labute approximate surface area is 187 Å². The van der Waals surface area contributed by atoms with Crippen molar-refractivity contribution in [2.75, 3.05) is 46.0 Å². The van der Waals surface area contributed by atoms with Gasteiger partial charge >= 0.3 is 0 Å². The van der Waals surface area contributed by atoms with Crippen LogP contribution in [0.1, 0.15) is 24.2 Å². The number of rotatable bonds is 7. The fourth-order valence-corrected chi connectivity index (χ4v) is 4.09. The zero-order valence-electron chi connectivity index (χ0n) is 18.1. The Kier molecular flexibility index (Phi) is 6.82. The van der Waals surface area contributed by atoms with E-state index in [9.17, 15) is 14.7 Å². The number of pyridine rings is 1. The Bertz CT molecular complexity index is 1000. The van der Waals surface area contributed by atoms with Crippen molar-refractivity contribution in [3.63, 3.8) is 0 Å². The number of carbonyl (C=O) groups is 2. The van der Waals surface area contributed by atoms with Crippen molar-refractivity contribution in [1.29, 1.82) is 0 Å². The molecule has 1 atom stereocenters. The Balaban J connectivity index is 1.71. The summed E-state index contributed by atoms with van der Waals surface area (Å²) >= 11 is 0. The molecule has 1 aromatic carbocycles. The second-order valence-corrected chi connectivity index (χ2v) is 7.66. The topological polar surface area (TPSA) is 92.2 Å². The van der Waals surface area contributed by atoms with Crippen molar-refractivity contribution in [3.8, 4) is 5.75 Å². The third-order valence-electron chi connectivity index (χ3n) is 5.69. The summed E-state index contributed by atoms with van der Waals surface area (Å²) in [5.74, 6) is -0.986. The van der Waals surface area contributed by atoms with Gasteiger partial charge in [-0.15, -0.1) is 0 Å². The second-order valence-electron chi connectivity index (χ2n) is 7.66. The lowest BCUT2D eigenvalue weighted by atomic mass is 9.98. The minimum atomic E-state index is -0.756. The zero-order valence-corrected chi connectivity index (χ0v) is 18.1. The highest BCUT2D eigenvalue weighted by Crippen LogP contribution is 2.38. The van der Waals surface area contributed by atoms with Gasteiger partial charge in [-0.1, -0.05) is 18.2 Å². The molecule has 1 N–H and O–H groups in total. The molecule has 4 rings (SSSR count). The first-order valence-corrected chi connectivity index (χ1v) is 10.8. The van der Waals surface area contributed by atoms with Crippen LogP contribution in [0.5, 0.6) is 5.75 Å². The number of hydrogen-bond acceptors (Lipinski definition) is 7. The predicted molar refractivity (Wildman–Crippen MR) is 118 cm³/mol. The molecule has 32 heavy (non-hydrogen) atoms. The lowest BCUT2D eigenvalue weighted by molar-refractivity contribution is -0.140. The van der Waals surface area contributed by atoms with Crippen molar-refractivity contribution in [2.45, 2.75) is 13.0 Å². The number of morpholine rings is 1. The van der Waals surface area contributed by atoms with Crippen LogP contribution in [0.25, 0.3) is 5.76 Å². The number of ether oxygens (including phenoxy) is 2. The fraction of sp³-hybridized carbons (Fsp3) is 0.375. The van der Waals surface area contributed by atoms with Gasteiger partial charge in [0.25, 0.3) is 11.7 Å². The van der Waals surface area contributed by atoms with E-state index in [0.717, 1.165) is 13.1 Å². The van der Waals surface area contributed by atoms with Crippen molar-refractivity contribution in [2.24, 2.45) is 0 Å². The van der Waals surface area contributed by atoms with Gasteiger partial charge in [-0.05, 0) is 31.2 Å². The lowest BCUT2D eigenvalue weighted by Gasteiger charge is -2.30. The van der Waals surface area contributed by atoms with E-state index >= 15 is 0 Å². The smallest absolute Gasteiger partial charge is 0.295 e. The maximum absolute atomic E-state index is 13.1. The van der Waals surface area contributed by atoms with Crippen LogP contribution in [0, 0.1) is 0 Å². The number of nitrogens with zero attached hydrogens (tertiary/aromatic N) is 3. The van der Waals surface area contributed by atoms with E-state index in [0.29, 0.717) is 49.9 Å². The van der Waals surface area contributed by atoms with Gasteiger partial charge in [0.1, 0.15) is 17.6 Å². The average Bonchev–Trinajstić information content (AvgIpc) is 3.09. The summed E-state index contributed by atoms with van der Waals surface area (Å²) in [4.78, 5) is 34.2. The summed E-state index contributed by atoms with van der Waals surface area (Å²) in [6.45, 7) is 6.17. The van der Waals surface area contributed by atoms with Gasteiger partial charge in [0.05, 0.1) is 31.1 Å². The summed E-state index contributed by atoms with van der Waals surface area (Å²) in [6, 6.07) is 11.5. The standard InChI is InChI=1S/C24H27N3O5/c1-2-32-18-7-5-6-17(16-18)22(28)20-21(19-8-3-4-9-25-19)27(24(30)23(20)29)11-10-26-12-14-31-15-13-26/h3-9,16,21,28H,2,10-15H2,1H3/b22-20+. The van der Waals surface area contributed by atoms with Crippen LogP contribution in [0.3, 0.4) is 0 Å². The number of Topliss-reactive ketones (excluding diaryl/α,β-unsaturated/α-hetero) is 1. The van der Waals surface area contributed by atoms with E-state index < -0.39 is 17.7 Å². The van der Waals surface area contributed by atoms with Crippen molar-refractivity contribution >= 4 is 17.4 Å². The highest BCUT2D eigenvalue weighted by Gasteiger charge is 2.46. The molecule has 3 heterocycles. The molecule has 0 aliphatic carbocycles. The largest absolute Gasteiger partial charge is 0.507 e. The summed E-state index contributed by atoms with van der Waals surface area (Å²) in [5, 5.41) is 11.1. The van der Waals surface area contributed by atoms with Crippen LogP contribution in [0.15, 0.2) is 54.2 Å². The maximum atomic E-state index is 13.1. The molecule has 168 valence electrons. The van der Waals surface area contributed by atoms with Crippen molar-refractivity contribution in [3.05, 3.63) is 65.5 Å². The molecule has 2 fully saturated rings. The Hall–Kier alpha value is -3.23. The molecule has 1 unspecified atom stereocenters. The van der Waals surface area contributed by atoms with E-state index in [2.05, 4.69) is 9.88 Å². The maximum Gasteiger partial charge on any atom is 0.295 e. The van der Waals surface area contributed by atoms with E-state index in [1.807, 2.05) is 6.92 Å². The van der Waals surface area contributed by atoms with Gasteiger partial charge < -0.3 is 19.5 Å². The van der Waals surface area contributed by atoms with Gasteiger partial charge in [0.15, 0.2) is 0 Å². The number of carbonyl (C=O) groups excluding carboxylic acids is 2. The van der Waals surface area contributed by atoms with Gasteiger partial charge in [0, 0.05) is 37.9 Å². The minimum Gasteiger partial charge on any atom is -0.507 e. The summed E-state index contributed by atoms with van der Waals surface area (Å²) in [5.41, 5.74) is 1.00. The monoisotopic (exact) mass is 437 g/mol. The molecule has 0 radical (unpaired) electrons. The third kappa shape index (κ3) is 4.51. The Morgan fingerprint density at radius 3 is 2.69 bits per heavy atom. The number of benzene rings is 1. The SMILES string of the molecule is CCOc1cccc(/C(O)=C2\C(=O)C(=O)N(CCN3CCOCC3)C2c2ccccn2)c1. The molecule has 0 spiro atoms. The van der Waals surface area contributed by atoms with E-state index in [1.165, 1.54) is 4.90 Å². The molecule has 8 heteroatoms. The highest BCUT2D eigenvalue weighted by molar-refractivity contribution is 6.46. The minimum absolute atomic E-state index is 0.0457. The highest BCUT2D eigenvalue weighted by atomic mass is 16.5. The molecule has 2 aliphatic rings. The first kappa shape index (κ1) is 22.0. The number of aliphatic hydroxyl groups excluding tert-OH is 1. The van der Waals surface area contributed by atoms with Gasteiger partial charge in [-0.2, -0.15) is 0 Å². The van der Waals surface area contributed by atoms with Crippen LogP contribution in [0.4, 0.5) is 0 Å². The first-order valence-electron chi connectivity index (χ1n) is 10.8. The van der Waals surface area contributed by atoms with Gasteiger partial charge in [0.2, 0.25) is 0 Å². The number of aliphatic hydroxyl groups is 1. The molecule has 1 amide bonds. The lowest BCUT2D eigenvalue weighted by Crippen LogP contribution is -2.42. The molecule has 2 aliphatic heterocycles. The number of ketones is 1. The van der Waals surface area contributed by atoms with Gasteiger partial charge in [-0.3, -0.25) is 19.5 Å². The number of aromatic nitrogens is 1. The summed E-state index contributed by atoms with van der Waals surface area (Å²) < 4.78 is 10.9. The molecule has 2 saturated heterocycles. The molecular weight excluding hydrogens is 410 g/mol. The van der Waals surface area contributed by atoms with Crippen LogP contribution in [-0.4, -0.2) is 77.6 Å². The van der Waals surface area contributed by atoms with Gasteiger partial charge in [-0.25, -0.2) is 0 Å². The molecule has 2 aromatic rings. The normalized spacial score (nSPS) is 21.2. The van der Waals surface area contributed by atoms with Crippen LogP contribution < -0.4 is 4.74 Å². The average molecular weight is 437 g/mol. The molecule has 0 saturated carbocycles. The molecule has 0 bridgehead atoms. The summed E-state index contributed by atoms with van der Waals surface area (Å²) in [7, 11) is 0. The molecule has 8 nitrogen and oxygen atoms in total. The quantitative estimate of drug-likeness (QED) is 0.403. The fourth-order valence-electron chi connectivity index (χ4n) is 4.09. The van der Waals surface area contributed by atoms with Crippen molar-refractivity contribution in [1.82, 2.24) is 14.8 Å². The second kappa shape index (κ2) is 9.93. The number of likely N-dealkylation sites (tertiary alicyclic amines) is 1. The number of hydrogen-bond donors (Lipinski definition) is 1.